The molecule has 2 aliphatic heterocycles. The molecule has 0 aliphatic carbocycles. The van der Waals surface area contributed by atoms with Crippen LogP contribution in [0.5, 0.6) is 5.75 Å². The van der Waals surface area contributed by atoms with E-state index in [2.05, 4.69) is 0 Å². The fourth-order valence-electron chi connectivity index (χ4n) is 3.18. The van der Waals surface area contributed by atoms with Crippen molar-refractivity contribution in [1.29, 1.82) is 0 Å². The maximum atomic E-state index is 15.1. The van der Waals surface area contributed by atoms with Crippen LogP contribution in [0.1, 0.15) is 25.0 Å². The van der Waals surface area contributed by atoms with Gasteiger partial charge in [-0.2, -0.15) is 8.42 Å². The van der Waals surface area contributed by atoms with Crippen molar-refractivity contribution in [2.45, 2.75) is 32.9 Å². The van der Waals surface area contributed by atoms with Crippen molar-refractivity contribution in [3.8, 4) is 5.75 Å². The molecule has 2 N–H and O–H groups in total. The molecule has 8 nitrogen and oxygen atoms in total. The van der Waals surface area contributed by atoms with Crippen molar-refractivity contribution in [2.75, 3.05) is 30.5 Å². The minimum atomic E-state index is -4.20. The van der Waals surface area contributed by atoms with Gasteiger partial charge < -0.3 is 9.84 Å². The Labute approximate surface area is 151 Å². The van der Waals surface area contributed by atoms with Crippen LogP contribution in [0, 0.1) is 5.82 Å². The minimum absolute atomic E-state index is 0.109. The maximum Gasteiger partial charge on any atom is 0.326 e. The molecule has 1 aromatic rings. The molecule has 26 heavy (non-hydrogen) atoms. The zero-order valence-electron chi connectivity index (χ0n) is 14.7. The largest absolute Gasteiger partial charge is 0.506 e. The lowest BCUT2D eigenvalue weighted by Crippen LogP contribution is -2.35. The van der Waals surface area contributed by atoms with Crippen LogP contribution in [-0.2, 0) is 32.7 Å². The Balaban J connectivity index is 1.88. The van der Waals surface area contributed by atoms with Gasteiger partial charge in [0.15, 0.2) is 5.82 Å². The maximum absolute atomic E-state index is 15.1. The lowest BCUT2D eigenvalue weighted by atomic mass is 9.97. The molecule has 0 unspecified atom stereocenters. The van der Waals surface area contributed by atoms with Crippen molar-refractivity contribution in [3.05, 3.63) is 23.0 Å². The third-order valence-electron chi connectivity index (χ3n) is 4.42. The third kappa shape index (κ3) is 3.62. The van der Waals surface area contributed by atoms with Gasteiger partial charge in [-0.05, 0) is 31.9 Å². The van der Waals surface area contributed by atoms with E-state index in [4.69, 9.17) is 4.74 Å². The van der Waals surface area contributed by atoms with Crippen molar-refractivity contribution in [3.63, 3.8) is 0 Å². The fraction of sp³-hybridized carbons (Fsp3) is 0.562. The number of ether oxygens (including phenoxy) is 1. The first-order valence-electron chi connectivity index (χ1n) is 8.39. The number of halogens is 1. The summed E-state index contributed by atoms with van der Waals surface area (Å²) in [7, 11) is -4.20. The number of nitrogens with one attached hydrogen (secondary N) is 1. The lowest BCUT2D eigenvalue weighted by molar-refractivity contribution is -0.117. The molecule has 1 saturated heterocycles. The number of aromatic hydroxyl groups is 1. The zero-order valence-corrected chi connectivity index (χ0v) is 15.5. The molecule has 0 bridgehead atoms. The number of hydrogen-bond donors (Lipinski definition) is 2. The van der Waals surface area contributed by atoms with Gasteiger partial charge in [0.05, 0.1) is 12.7 Å². The SMILES string of the molecule is CC(C)OCCN1CCc2cc(O)c(N3CC(=O)NS3(=O)=O)c(F)c2C1. The average Bonchev–Trinajstić information content (AvgIpc) is 2.80. The molecule has 0 saturated carbocycles. The Kier molecular flexibility index (Phi) is 5.09. The van der Waals surface area contributed by atoms with Gasteiger partial charge in [-0.15, -0.1) is 0 Å². The van der Waals surface area contributed by atoms with Crippen LogP contribution < -0.4 is 9.03 Å². The molecular weight excluding hydrogens is 365 g/mol. The number of fused-ring (bicyclic) bond motifs is 1. The van der Waals surface area contributed by atoms with Crippen LogP contribution >= 0.6 is 0 Å². The first-order chi connectivity index (χ1) is 12.2. The Morgan fingerprint density at radius 3 is 2.73 bits per heavy atom. The first-order valence-corrected chi connectivity index (χ1v) is 9.83. The summed E-state index contributed by atoms with van der Waals surface area (Å²) in [5.74, 6) is -2.07. The first kappa shape index (κ1) is 18.9. The number of hydrogen-bond acceptors (Lipinski definition) is 6. The highest BCUT2D eigenvalue weighted by Gasteiger charge is 2.38. The van der Waals surface area contributed by atoms with Gasteiger partial charge in [0.1, 0.15) is 18.0 Å². The molecule has 0 radical (unpaired) electrons. The van der Waals surface area contributed by atoms with E-state index in [1.807, 2.05) is 18.7 Å². The minimum Gasteiger partial charge on any atom is -0.506 e. The molecule has 1 fully saturated rings. The van der Waals surface area contributed by atoms with Crippen molar-refractivity contribution in [2.24, 2.45) is 0 Å². The Morgan fingerprint density at radius 2 is 2.12 bits per heavy atom. The topological polar surface area (TPSA) is 99.2 Å². The molecule has 2 aliphatic rings. The monoisotopic (exact) mass is 387 g/mol. The van der Waals surface area contributed by atoms with Crippen LogP contribution in [0.4, 0.5) is 10.1 Å². The van der Waals surface area contributed by atoms with E-state index in [1.54, 1.807) is 4.72 Å². The average molecular weight is 387 g/mol. The van der Waals surface area contributed by atoms with Crippen LogP contribution in [0.2, 0.25) is 0 Å². The predicted octanol–water partition coefficient (Wildman–Crippen LogP) is 0.495. The molecule has 0 atom stereocenters. The summed E-state index contributed by atoms with van der Waals surface area (Å²) in [5, 5.41) is 10.2. The summed E-state index contributed by atoms with van der Waals surface area (Å²) in [4.78, 5) is 13.4. The summed E-state index contributed by atoms with van der Waals surface area (Å²) in [6.07, 6.45) is 0.642. The third-order valence-corrected chi connectivity index (χ3v) is 5.80. The Bertz CT molecular complexity index is 828. The summed E-state index contributed by atoms with van der Waals surface area (Å²) in [6.45, 7) is 5.42. The molecular formula is C16H22FN3O5S. The molecule has 1 aromatic carbocycles. The van der Waals surface area contributed by atoms with Gasteiger partial charge in [-0.1, -0.05) is 0 Å². The summed E-state index contributed by atoms with van der Waals surface area (Å²) >= 11 is 0. The van der Waals surface area contributed by atoms with Crippen molar-refractivity contribution >= 4 is 21.8 Å². The van der Waals surface area contributed by atoms with Crippen LogP contribution in [0.15, 0.2) is 6.07 Å². The number of amides is 1. The Hall–Kier alpha value is -1.91. The number of carbonyl (C=O) groups is 1. The summed E-state index contributed by atoms with van der Waals surface area (Å²) < 4.78 is 47.0. The normalized spacial score (nSPS) is 19.7. The second-order valence-electron chi connectivity index (χ2n) is 6.68. The van der Waals surface area contributed by atoms with Crippen molar-refractivity contribution in [1.82, 2.24) is 9.62 Å². The van der Waals surface area contributed by atoms with Gasteiger partial charge >= 0.3 is 10.2 Å². The van der Waals surface area contributed by atoms with Gasteiger partial charge in [-0.3, -0.25) is 9.69 Å². The fourth-order valence-corrected chi connectivity index (χ4v) is 4.35. The van der Waals surface area contributed by atoms with Crippen LogP contribution in [0.3, 0.4) is 0 Å². The van der Waals surface area contributed by atoms with Gasteiger partial charge in [0.2, 0.25) is 0 Å². The van der Waals surface area contributed by atoms with E-state index in [0.29, 0.717) is 41.5 Å². The molecule has 1 amide bonds. The molecule has 10 heteroatoms. The molecule has 2 heterocycles. The van der Waals surface area contributed by atoms with E-state index in [0.717, 1.165) is 0 Å². The van der Waals surface area contributed by atoms with Crippen molar-refractivity contribution < 1.29 is 27.4 Å². The zero-order chi connectivity index (χ0) is 19.1. The van der Waals surface area contributed by atoms with Gasteiger partial charge in [-0.25, -0.2) is 13.4 Å². The number of rotatable bonds is 5. The lowest BCUT2D eigenvalue weighted by Gasteiger charge is -2.30. The second kappa shape index (κ2) is 7.01. The van der Waals surface area contributed by atoms with Gasteiger partial charge in [0.25, 0.3) is 5.91 Å². The molecule has 3 rings (SSSR count). The van der Waals surface area contributed by atoms with Crippen LogP contribution in [-0.4, -0.2) is 56.7 Å². The van der Waals surface area contributed by atoms with Gasteiger partial charge in [0, 0.05) is 25.2 Å². The Morgan fingerprint density at radius 1 is 1.38 bits per heavy atom. The standard InChI is InChI=1S/C16H22FN3O5S/c1-10(2)25-6-5-19-4-3-11-7-13(21)16(15(17)12(11)8-19)20-9-14(22)18-26(20,23)24/h7,10,21H,3-6,8-9H2,1-2H3,(H,18,22). The number of phenolic OH excluding ortho intramolecular Hbond substituents is 1. The van der Waals surface area contributed by atoms with E-state index in [1.165, 1.54) is 6.07 Å². The van der Waals surface area contributed by atoms with Crippen LogP contribution in [0.25, 0.3) is 0 Å². The number of phenols is 1. The molecule has 0 aromatic heterocycles. The molecule has 0 spiro atoms. The quantitative estimate of drug-likeness (QED) is 0.763. The highest BCUT2D eigenvalue weighted by molar-refractivity contribution is 7.92. The van der Waals surface area contributed by atoms with E-state index < -0.39 is 39.9 Å². The molecule has 144 valence electrons. The van der Waals surface area contributed by atoms with E-state index >= 15 is 4.39 Å². The number of anilines is 1. The summed E-state index contributed by atoms with van der Waals surface area (Å²) in [5.41, 5.74) is 0.492. The number of nitrogens with zero attached hydrogens (tertiary/aromatic N) is 2. The van der Waals surface area contributed by atoms with E-state index in [9.17, 15) is 18.3 Å². The number of carbonyl (C=O) groups excluding carboxylic acids is 1. The predicted molar refractivity (Wildman–Crippen MR) is 92.5 cm³/mol. The smallest absolute Gasteiger partial charge is 0.326 e. The number of benzene rings is 1. The summed E-state index contributed by atoms with van der Waals surface area (Å²) in [6, 6.07) is 1.38. The van der Waals surface area contributed by atoms with E-state index in [-0.39, 0.29) is 12.6 Å². The highest BCUT2D eigenvalue weighted by Crippen LogP contribution is 2.38. The second-order valence-corrected chi connectivity index (χ2v) is 8.27. The highest BCUT2D eigenvalue weighted by atomic mass is 32.2.